The highest BCUT2D eigenvalue weighted by Crippen LogP contribution is 2.20. The van der Waals surface area contributed by atoms with Crippen molar-refractivity contribution in [2.75, 3.05) is 0 Å². The number of benzene rings is 1. The lowest BCUT2D eigenvalue weighted by molar-refractivity contribution is 0.411. The minimum absolute atomic E-state index is 0.447. The van der Waals surface area contributed by atoms with Gasteiger partial charge in [-0.1, -0.05) is 49.8 Å². The van der Waals surface area contributed by atoms with E-state index in [9.17, 15) is 0 Å². The maximum atomic E-state index is 4.97. The summed E-state index contributed by atoms with van der Waals surface area (Å²) in [5.41, 5.74) is 2.26. The van der Waals surface area contributed by atoms with Crippen molar-refractivity contribution in [1.82, 2.24) is 10.1 Å². The van der Waals surface area contributed by atoms with E-state index in [1.54, 1.807) is 6.08 Å². The molecule has 0 aliphatic rings. The summed E-state index contributed by atoms with van der Waals surface area (Å²) in [5.74, 6) is 1.58. The summed E-state index contributed by atoms with van der Waals surface area (Å²) in [6, 6.07) is 8.19. The van der Waals surface area contributed by atoms with Gasteiger partial charge in [0, 0.05) is 5.56 Å². The van der Waals surface area contributed by atoms with E-state index in [0.29, 0.717) is 17.6 Å². The maximum absolute atomic E-state index is 4.97. The molecule has 16 heavy (non-hydrogen) atoms. The quantitative estimate of drug-likeness (QED) is 0.784. The zero-order valence-electron chi connectivity index (χ0n) is 9.47. The summed E-state index contributed by atoms with van der Waals surface area (Å²) in [6.45, 7) is 7.91. The molecule has 2 rings (SSSR count). The van der Waals surface area contributed by atoms with Crippen molar-refractivity contribution < 1.29 is 4.52 Å². The van der Waals surface area contributed by atoms with Gasteiger partial charge in [0.25, 0.3) is 0 Å². The molecule has 0 N–H and O–H groups in total. The molecule has 0 atom stereocenters. The SMILES string of the molecule is C=Cc1nc(-c2ccc(C(C)C)cc2)no1. The summed E-state index contributed by atoms with van der Waals surface area (Å²) < 4.78 is 4.97. The predicted molar refractivity (Wildman–Crippen MR) is 63.9 cm³/mol. The highest BCUT2D eigenvalue weighted by Gasteiger charge is 2.06. The maximum Gasteiger partial charge on any atom is 0.250 e. The lowest BCUT2D eigenvalue weighted by Crippen LogP contribution is -1.87. The molecule has 0 spiro atoms. The summed E-state index contributed by atoms with van der Waals surface area (Å²) in [6.07, 6.45) is 1.54. The fraction of sp³-hybridized carbons (Fsp3) is 0.231. The molecule has 0 amide bonds. The first-order valence-electron chi connectivity index (χ1n) is 5.27. The van der Waals surface area contributed by atoms with Crippen LogP contribution in [0.1, 0.15) is 31.2 Å². The molecule has 82 valence electrons. The van der Waals surface area contributed by atoms with E-state index in [2.05, 4.69) is 42.7 Å². The molecular formula is C13H14N2O. The molecule has 1 aromatic heterocycles. The van der Waals surface area contributed by atoms with Crippen LogP contribution in [0.4, 0.5) is 0 Å². The Hall–Kier alpha value is -1.90. The molecule has 0 radical (unpaired) electrons. The second-order valence-electron chi connectivity index (χ2n) is 3.94. The van der Waals surface area contributed by atoms with Crippen molar-refractivity contribution in [3.05, 3.63) is 42.3 Å². The number of hydrogen-bond acceptors (Lipinski definition) is 3. The van der Waals surface area contributed by atoms with Crippen molar-refractivity contribution in [1.29, 1.82) is 0 Å². The van der Waals surface area contributed by atoms with Crippen LogP contribution in [0.2, 0.25) is 0 Å². The van der Waals surface area contributed by atoms with E-state index < -0.39 is 0 Å². The highest BCUT2D eigenvalue weighted by atomic mass is 16.5. The van der Waals surface area contributed by atoms with Gasteiger partial charge in [-0.25, -0.2) is 0 Å². The number of hydrogen-bond donors (Lipinski definition) is 0. The first-order valence-corrected chi connectivity index (χ1v) is 5.27. The third kappa shape index (κ3) is 2.03. The molecule has 0 fully saturated rings. The minimum Gasteiger partial charge on any atom is -0.334 e. The molecule has 0 bridgehead atoms. The number of rotatable bonds is 3. The van der Waals surface area contributed by atoms with Gasteiger partial charge in [-0.15, -0.1) is 0 Å². The predicted octanol–water partition coefficient (Wildman–Crippen LogP) is 3.50. The van der Waals surface area contributed by atoms with Gasteiger partial charge in [-0.3, -0.25) is 0 Å². The monoisotopic (exact) mass is 214 g/mol. The van der Waals surface area contributed by atoms with Gasteiger partial charge in [0.2, 0.25) is 11.7 Å². The van der Waals surface area contributed by atoms with Crippen LogP contribution in [-0.2, 0) is 0 Å². The van der Waals surface area contributed by atoms with Crippen LogP contribution in [-0.4, -0.2) is 10.1 Å². The van der Waals surface area contributed by atoms with Crippen LogP contribution in [0.5, 0.6) is 0 Å². The van der Waals surface area contributed by atoms with Crippen molar-refractivity contribution >= 4 is 6.08 Å². The third-order valence-corrected chi connectivity index (χ3v) is 2.45. The fourth-order valence-electron chi connectivity index (χ4n) is 1.45. The first kappa shape index (κ1) is 10.6. The second kappa shape index (κ2) is 4.31. The highest BCUT2D eigenvalue weighted by molar-refractivity contribution is 5.56. The molecule has 1 heterocycles. The summed E-state index contributed by atoms with van der Waals surface area (Å²) in [5, 5.41) is 3.87. The molecule has 3 nitrogen and oxygen atoms in total. The van der Waals surface area contributed by atoms with Gasteiger partial charge < -0.3 is 4.52 Å². The van der Waals surface area contributed by atoms with Gasteiger partial charge in [-0.05, 0) is 17.6 Å². The van der Waals surface area contributed by atoms with Crippen LogP contribution in [0, 0.1) is 0 Å². The van der Waals surface area contributed by atoms with Crippen LogP contribution in [0.15, 0.2) is 35.4 Å². The largest absolute Gasteiger partial charge is 0.334 e. The van der Waals surface area contributed by atoms with E-state index in [-0.39, 0.29) is 0 Å². The third-order valence-electron chi connectivity index (χ3n) is 2.45. The fourth-order valence-corrected chi connectivity index (χ4v) is 1.45. The van der Waals surface area contributed by atoms with E-state index in [4.69, 9.17) is 4.52 Å². The van der Waals surface area contributed by atoms with E-state index in [0.717, 1.165) is 5.56 Å². The number of nitrogens with zero attached hydrogens (tertiary/aromatic N) is 2. The normalized spacial score (nSPS) is 10.7. The molecule has 2 aromatic rings. The molecule has 0 aliphatic heterocycles. The van der Waals surface area contributed by atoms with Crippen molar-refractivity contribution in [3.63, 3.8) is 0 Å². The standard InChI is InChI=1S/C13H14N2O/c1-4-12-14-13(15-16-12)11-7-5-10(6-8-11)9(2)3/h4-9H,1H2,2-3H3. The van der Waals surface area contributed by atoms with Crippen LogP contribution in [0.25, 0.3) is 17.5 Å². The zero-order valence-corrected chi connectivity index (χ0v) is 9.47. The molecule has 0 saturated heterocycles. The zero-order chi connectivity index (χ0) is 11.5. The Morgan fingerprint density at radius 2 is 1.94 bits per heavy atom. The molecular weight excluding hydrogens is 200 g/mol. The van der Waals surface area contributed by atoms with E-state index >= 15 is 0 Å². The Bertz CT molecular complexity index is 483. The van der Waals surface area contributed by atoms with Gasteiger partial charge in [0.05, 0.1) is 0 Å². The van der Waals surface area contributed by atoms with Crippen LogP contribution >= 0.6 is 0 Å². The summed E-state index contributed by atoms with van der Waals surface area (Å²) >= 11 is 0. The first-order chi connectivity index (χ1) is 7.70. The Kier molecular flexibility index (Phi) is 2.86. The lowest BCUT2D eigenvalue weighted by atomic mass is 10.0. The molecule has 1 aromatic carbocycles. The van der Waals surface area contributed by atoms with Gasteiger partial charge in [0.15, 0.2) is 0 Å². The lowest BCUT2D eigenvalue weighted by Gasteiger charge is -2.04. The minimum atomic E-state index is 0.447. The van der Waals surface area contributed by atoms with Gasteiger partial charge in [0.1, 0.15) is 0 Å². The van der Waals surface area contributed by atoms with Crippen molar-refractivity contribution in [2.45, 2.75) is 19.8 Å². The average Bonchev–Trinajstić information content (AvgIpc) is 2.77. The van der Waals surface area contributed by atoms with E-state index in [1.165, 1.54) is 5.56 Å². The summed E-state index contributed by atoms with van der Waals surface area (Å²) in [7, 11) is 0. The topological polar surface area (TPSA) is 38.9 Å². The Morgan fingerprint density at radius 1 is 1.25 bits per heavy atom. The van der Waals surface area contributed by atoms with Gasteiger partial charge in [-0.2, -0.15) is 4.98 Å². The Labute approximate surface area is 94.8 Å². The van der Waals surface area contributed by atoms with Gasteiger partial charge >= 0.3 is 0 Å². The molecule has 0 unspecified atom stereocenters. The Balaban J connectivity index is 2.30. The molecule has 3 heteroatoms. The van der Waals surface area contributed by atoms with E-state index in [1.807, 2.05) is 12.1 Å². The molecule has 0 aliphatic carbocycles. The Morgan fingerprint density at radius 3 is 2.44 bits per heavy atom. The van der Waals surface area contributed by atoms with Crippen LogP contribution in [0.3, 0.4) is 0 Å². The van der Waals surface area contributed by atoms with Crippen LogP contribution < -0.4 is 0 Å². The average molecular weight is 214 g/mol. The number of aromatic nitrogens is 2. The smallest absolute Gasteiger partial charge is 0.250 e. The molecule has 0 saturated carbocycles. The second-order valence-corrected chi connectivity index (χ2v) is 3.94. The summed E-state index contributed by atoms with van der Waals surface area (Å²) in [4.78, 5) is 4.18. The van der Waals surface area contributed by atoms with Crippen molar-refractivity contribution in [2.24, 2.45) is 0 Å². The van der Waals surface area contributed by atoms with Crippen molar-refractivity contribution in [3.8, 4) is 11.4 Å².